The number of hydrogen-bond acceptors (Lipinski definition) is 6. The first-order valence-corrected chi connectivity index (χ1v) is 9.26. The zero-order valence-corrected chi connectivity index (χ0v) is 16.6. The molecule has 1 amide bonds. The van der Waals surface area contributed by atoms with Crippen molar-refractivity contribution in [3.63, 3.8) is 0 Å². The Balaban J connectivity index is 1.60. The number of amides is 1. The number of carbonyl (C=O) groups is 1. The molecular weight excluding hydrogens is 372 g/mol. The van der Waals surface area contributed by atoms with Gasteiger partial charge in [-0.2, -0.15) is 0 Å². The lowest BCUT2D eigenvalue weighted by atomic mass is 9.98. The van der Waals surface area contributed by atoms with Crippen molar-refractivity contribution in [2.75, 3.05) is 27.9 Å². The number of carbonyl (C=O) groups excluding carboxylic acids is 1. The Labute approximate surface area is 168 Å². The summed E-state index contributed by atoms with van der Waals surface area (Å²) in [6, 6.07) is 11.3. The number of rotatable bonds is 5. The molecule has 0 bridgehead atoms. The highest BCUT2D eigenvalue weighted by atomic mass is 16.5. The molecule has 4 rings (SSSR count). The lowest BCUT2D eigenvalue weighted by Crippen LogP contribution is -2.36. The minimum absolute atomic E-state index is 0.113. The first-order chi connectivity index (χ1) is 14.1. The Morgan fingerprint density at radius 3 is 2.34 bits per heavy atom. The van der Waals surface area contributed by atoms with Crippen LogP contribution in [0.5, 0.6) is 17.2 Å². The minimum Gasteiger partial charge on any atom is -0.497 e. The van der Waals surface area contributed by atoms with E-state index in [0.717, 1.165) is 28.9 Å². The lowest BCUT2D eigenvalue weighted by Gasteiger charge is -2.29. The molecule has 7 heteroatoms. The maximum absolute atomic E-state index is 13.2. The lowest BCUT2D eigenvalue weighted by molar-refractivity contribution is 0.0734. The van der Waals surface area contributed by atoms with Gasteiger partial charge in [-0.3, -0.25) is 4.79 Å². The van der Waals surface area contributed by atoms with Crippen molar-refractivity contribution in [2.24, 2.45) is 0 Å². The van der Waals surface area contributed by atoms with Crippen LogP contribution >= 0.6 is 0 Å². The van der Waals surface area contributed by atoms with Crippen LogP contribution in [-0.2, 0) is 13.0 Å². The molecule has 1 aliphatic rings. The second-order valence-corrected chi connectivity index (χ2v) is 6.75. The van der Waals surface area contributed by atoms with Gasteiger partial charge < -0.3 is 23.6 Å². The van der Waals surface area contributed by atoms with Crippen molar-refractivity contribution >= 4 is 5.91 Å². The number of aromatic nitrogens is 1. The summed E-state index contributed by atoms with van der Waals surface area (Å²) in [5.74, 6) is 2.43. The molecule has 29 heavy (non-hydrogen) atoms. The fraction of sp³-hybridized carbons (Fsp3) is 0.273. The highest BCUT2D eigenvalue weighted by Gasteiger charge is 2.27. The molecule has 3 aromatic rings. The standard InChI is InChI=1S/C22H22N2O5/c1-26-17-6-4-14(5-7-17)21-18(12-23-29-21)22(25)24-9-8-15-10-19(27-2)20(28-3)11-16(15)13-24/h4-7,10-12H,8-9,13H2,1-3H3. The topological polar surface area (TPSA) is 74.0 Å². The van der Waals surface area contributed by atoms with Crippen molar-refractivity contribution in [2.45, 2.75) is 13.0 Å². The Kier molecular flexibility index (Phi) is 5.12. The van der Waals surface area contributed by atoms with Crippen molar-refractivity contribution in [3.8, 4) is 28.6 Å². The average molecular weight is 394 g/mol. The van der Waals surface area contributed by atoms with E-state index < -0.39 is 0 Å². The highest BCUT2D eigenvalue weighted by Crippen LogP contribution is 2.34. The Morgan fingerprint density at radius 1 is 1.00 bits per heavy atom. The van der Waals surface area contributed by atoms with E-state index in [9.17, 15) is 4.79 Å². The van der Waals surface area contributed by atoms with E-state index in [0.29, 0.717) is 35.9 Å². The van der Waals surface area contributed by atoms with Crippen molar-refractivity contribution in [3.05, 3.63) is 59.3 Å². The van der Waals surface area contributed by atoms with Crippen molar-refractivity contribution in [1.82, 2.24) is 10.1 Å². The number of ether oxygens (including phenoxy) is 3. The van der Waals surface area contributed by atoms with Gasteiger partial charge in [-0.25, -0.2) is 0 Å². The predicted molar refractivity (Wildman–Crippen MR) is 106 cm³/mol. The van der Waals surface area contributed by atoms with E-state index in [4.69, 9.17) is 18.7 Å². The molecular formula is C22H22N2O5. The van der Waals surface area contributed by atoms with Crippen LogP contribution in [0.4, 0.5) is 0 Å². The van der Waals surface area contributed by atoms with E-state index in [1.807, 2.05) is 36.4 Å². The van der Waals surface area contributed by atoms with Crippen LogP contribution in [0.1, 0.15) is 21.5 Å². The van der Waals surface area contributed by atoms with Crippen LogP contribution in [0.25, 0.3) is 11.3 Å². The molecule has 7 nitrogen and oxygen atoms in total. The van der Waals surface area contributed by atoms with Gasteiger partial charge >= 0.3 is 0 Å². The van der Waals surface area contributed by atoms with Crippen molar-refractivity contribution in [1.29, 1.82) is 0 Å². The highest BCUT2D eigenvalue weighted by molar-refractivity contribution is 5.99. The molecule has 2 heterocycles. The molecule has 150 valence electrons. The summed E-state index contributed by atoms with van der Waals surface area (Å²) in [5.41, 5.74) is 3.42. The number of methoxy groups -OCH3 is 3. The third-order valence-corrected chi connectivity index (χ3v) is 5.16. The number of fused-ring (bicyclic) bond motifs is 1. The molecule has 0 spiro atoms. The summed E-state index contributed by atoms with van der Waals surface area (Å²) in [6.45, 7) is 1.09. The fourth-order valence-electron chi connectivity index (χ4n) is 3.57. The Bertz CT molecular complexity index is 1030. The second-order valence-electron chi connectivity index (χ2n) is 6.75. The third-order valence-electron chi connectivity index (χ3n) is 5.16. The molecule has 0 saturated heterocycles. The van der Waals surface area contributed by atoms with Crippen LogP contribution < -0.4 is 14.2 Å². The molecule has 0 saturated carbocycles. The van der Waals surface area contributed by atoms with Gasteiger partial charge in [0, 0.05) is 18.7 Å². The molecule has 0 atom stereocenters. The molecule has 0 N–H and O–H groups in total. The van der Waals surface area contributed by atoms with Crippen LogP contribution in [0.15, 0.2) is 47.1 Å². The van der Waals surface area contributed by atoms with Gasteiger partial charge in [0.2, 0.25) is 0 Å². The molecule has 1 aromatic heterocycles. The number of benzene rings is 2. The first kappa shape index (κ1) is 18.9. The fourth-order valence-corrected chi connectivity index (χ4v) is 3.57. The van der Waals surface area contributed by atoms with Crippen molar-refractivity contribution < 1.29 is 23.5 Å². The van der Waals surface area contributed by atoms with Gasteiger partial charge in [0.1, 0.15) is 11.3 Å². The largest absolute Gasteiger partial charge is 0.497 e. The van der Waals surface area contributed by atoms with Crippen LogP contribution in [0, 0.1) is 0 Å². The number of nitrogens with zero attached hydrogens (tertiary/aromatic N) is 2. The molecule has 1 aliphatic heterocycles. The zero-order chi connectivity index (χ0) is 20.4. The predicted octanol–water partition coefficient (Wildman–Crippen LogP) is 3.57. The van der Waals surface area contributed by atoms with Crippen LogP contribution in [-0.4, -0.2) is 43.8 Å². The summed E-state index contributed by atoms with van der Waals surface area (Å²) in [4.78, 5) is 15.0. The zero-order valence-electron chi connectivity index (χ0n) is 16.6. The van der Waals surface area contributed by atoms with E-state index in [-0.39, 0.29) is 5.91 Å². The minimum atomic E-state index is -0.113. The van der Waals surface area contributed by atoms with Gasteiger partial charge in [-0.1, -0.05) is 5.16 Å². The Morgan fingerprint density at radius 2 is 1.69 bits per heavy atom. The second kappa shape index (κ2) is 7.87. The van der Waals surface area contributed by atoms with Gasteiger partial charge in [-0.15, -0.1) is 0 Å². The maximum atomic E-state index is 13.2. The SMILES string of the molecule is COc1ccc(-c2oncc2C(=O)N2CCc3cc(OC)c(OC)cc3C2)cc1. The van der Waals surface area contributed by atoms with Crippen LogP contribution in [0.3, 0.4) is 0 Å². The summed E-state index contributed by atoms with van der Waals surface area (Å²) >= 11 is 0. The molecule has 2 aromatic carbocycles. The van der Waals surface area contributed by atoms with E-state index in [2.05, 4.69) is 5.16 Å². The summed E-state index contributed by atoms with van der Waals surface area (Å²) < 4.78 is 21.4. The van der Waals surface area contributed by atoms with E-state index in [1.165, 1.54) is 6.20 Å². The van der Waals surface area contributed by atoms with E-state index >= 15 is 0 Å². The third kappa shape index (κ3) is 3.51. The van der Waals surface area contributed by atoms with Gasteiger partial charge in [0.25, 0.3) is 5.91 Å². The van der Waals surface area contributed by atoms with Gasteiger partial charge in [0.05, 0.1) is 27.5 Å². The van der Waals surface area contributed by atoms with Gasteiger partial charge in [-0.05, 0) is 53.9 Å². The normalized spacial score (nSPS) is 13.0. The quantitative estimate of drug-likeness (QED) is 0.659. The summed E-state index contributed by atoms with van der Waals surface area (Å²) in [7, 11) is 4.83. The Hall–Kier alpha value is -3.48. The molecule has 0 aliphatic carbocycles. The summed E-state index contributed by atoms with van der Waals surface area (Å²) in [6.07, 6.45) is 2.22. The monoisotopic (exact) mass is 394 g/mol. The van der Waals surface area contributed by atoms with E-state index in [1.54, 1.807) is 26.2 Å². The maximum Gasteiger partial charge on any atom is 0.259 e. The van der Waals surface area contributed by atoms with Crippen LogP contribution in [0.2, 0.25) is 0 Å². The number of hydrogen-bond donors (Lipinski definition) is 0. The molecule has 0 radical (unpaired) electrons. The average Bonchev–Trinajstić information content (AvgIpc) is 3.27. The molecule has 0 fully saturated rings. The first-order valence-electron chi connectivity index (χ1n) is 9.26. The smallest absolute Gasteiger partial charge is 0.259 e. The summed E-state index contributed by atoms with van der Waals surface area (Å²) in [5, 5.41) is 3.86. The molecule has 0 unspecified atom stereocenters. The van der Waals surface area contributed by atoms with Gasteiger partial charge in [0.15, 0.2) is 17.3 Å².